The fraction of sp³-hybridized carbons (Fsp3) is 0.192. The maximum atomic E-state index is 13.0. The summed E-state index contributed by atoms with van der Waals surface area (Å²) in [7, 11) is -3.53. The average Bonchev–Trinajstić information content (AvgIpc) is 3.38. The number of likely N-dealkylation sites (tertiary alicyclic amines) is 1. The summed E-state index contributed by atoms with van der Waals surface area (Å²) in [5.74, 6) is 0.400. The number of nitrogens with zero attached hydrogens (tertiary/aromatic N) is 3. The molecule has 1 aliphatic rings. The van der Waals surface area contributed by atoms with Crippen molar-refractivity contribution in [3.8, 4) is 0 Å². The van der Waals surface area contributed by atoms with Gasteiger partial charge in [-0.1, -0.05) is 24.3 Å². The minimum absolute atomic E-state index is 0.223. The molecule has 9 nitrogen and oxygen atoms in total. The lowest BCUT2D eigenvalue weighted by molar-refractivity contribution is 0.136. The number of H-pyrrole nitrogens is 1. The maximum absolute atomic E-state index is 13.0. The third-order valence-corrected chi connectivity index (χ3v) is 8.62. The number of fused-ring (bicyclic) bond motifs is 1. The van der Waals surface area contributed by atoms with Crippen molar-refractivity contribution in [1.82, 2.24) is 19.9 Å². The van der Waals surface area contributed by atoms with Gasteiger partial charge in [-0.3, -0.25) is 0 Å². The molecule has 0 saturated carbocycles. The number of anilines is 2. The second-order valence-electron chi connectivity index (χ2n) is 8.62. The lowest BCUT2D eigenvalue weighted by atomic mass is 10.1. The number of carboxylic acid groups (broad SMARTS) is 1. The molecular weight excluding hydrogens is 478 g/mol. The molecule has 10 heteroatoms. The van der Waals surface area contributed by atoms with Crippen molar-refractivity contribution in [2.24, 2.45) is 0 Å². The summed E-state index contributed by atoms with van der Waals surface area (Å²) in [6.07, 6.45) is 8.89. The van der Waals surface area contributed by atoms with Crippen molar-refractivity contribution < 1.29 is 18.3 Å². The van der Waals surface area contributed by atoms with Crippen LogP contribution in [0.3, 0.4) is 0 Å². The van der Waals surface area contributed by atoms with E-state index in [0.29, 0.717) is 24.5 Å². The summed E-state index contributed by atoms with van der Waals surface area (Å²) < 4.78 is 25.9. The van der Waals surface area contributed by atoms with E-state index in [1.54, 1.807) is 36.7 Å². The van der Waals surface area contributed by atoms with Crippen LogP contribution in [0.1, 0.15) is 24.0 Å². The number of amides is 1. The second-order valence-corrected chi connectivity index (χ2v) is 10.9. The Morgan fingerprint density at radius 2 is 1.75 bits per heavy atom. The summed E-state index contributed by atoms with van der Waals surface area (Å²) in [4.78, 5) is 24.5. The zero-order valence-electron chi connectivity index (χ0n) is 19.3. The quantitative estimate of drug-likeness (QED) is 0.345. The summed E-state index contributed by atoms with van der Waals surface area (Å²) >= 11 is 0. The normalized spacial score (nSPS) is 14.9. The molecule has 2 aromatic carbocycles. The van der Waals surface area contributed by atoms with Crippen molar-refractivity contribution in [2.45, 2.75) is 23.0 Å². The van der Waals surface area contributed by atoms with Gasteiger partial charge in [0.15, 0.2) is 9.84 Å². The molecule has 1 fully saturated rings. The van der Waals surface area contributed by atoms with Gasteiger partial charge in [0.2, 0.25) is 5.95 Å². The SMILES string of the molecule is O=C(O)N1CCC(S(=O)(=O)c2ccc(Nc3ncc(/C=C/c4cccc5[nH]ccc45)cn3)cc2)CC1. The Morgan fingerprint density at radius 3 is 2.44 bits per heavy atom. The number of benzene rings is 2. The minimum atomic E-state index is -3.53. The van der Waals surface area contributed by atoms with Gasteiger partial charge in [-0.15, -0.1) is 0 Å². The molecule has 0 aliphatic carbocycles. The fourth-order valence-corrected chi connectivity index (χ4v) is 6.07. The van der Waals surface area contributed by atoms with Crippen LogP contribution in [0.4, 0.5) is 16.4 Å². The molecule has 0 radical (unpaired) electrons. The Balaban J connectivity index is 1.22. The molecule has 4 aromatic rings. The van der Waals surface area contributed by atoms with Crippen LogP contribution in [0.2, 0.25) is 0 Å². The predicted octanol–water partition coefficient (Wildman–Crippen LogP) is 4.79. The van der Waals surface area contributed by atoms with Gasteiger partial charge < -0.3 is 20.3 Å². The maximum Gasteiger partial charge on any atom is 0.407 e. The Hall–Kier alpha value is -4.18. The van der Waals surface area contributed by atoms with Crippen LogP contribution in [-0.2, 0) is 9.84 Å². The number of aromatic nitrogens is 3. The van der Waals surface area contributed by atoms with E-state index in [2.05, 4.69) is 20.3 Å². The molecule has 1 saturated heterocycles. The van der Waals surface area contributed by atoms with Crippen molar-refractivity contribution in [3.63, 3.8) is 0 Å². The van der Waals surface area contributed by atoms with Crippen LogP contribution in [0.25, 0.3) is 23.1 Å². The van der Waals surface area contributed by atoms with E-state index in [1.807, 2.05) is 42.6 Å². The highest BCUT2D eigenvalue weighted by molar-refractivity contribution is 7.92. The lowest BCUT2D eigenvalue weighted by Gasteiger charge is -2.29. The number of piperidine rings is 1. The number of rotatable bonds is 6. The fourth-order valence-electron chi connectivity index (χ4n) is 4.34. The molecule has 0 bridgehead atoms. The van der Waals surface area contributed by atoms with Crippen LogP contribution >= 0.6 is 0 Å². The summed E-state index contributed by atoms with van der Waals surface area (Å²) in [6, 6.07) is 14.6. The van der Waals surface area contributed by atoms with Gasteiger partial charge in [0.1, 0.15) is 0 Å². The van der Waals surface area contributed by atoms with Crippen molar-refractivity contribution in [2.75, 3.05) is 18.4 Å². The van der Waals surface area contributed by atoms with Gasteiger partial charge in [0.25, 0.3) is 0 Å². The molecule has 3 N–H and O–H groups in total. The molecular formula is C26H25N5O4S. The minimum Gasteiger partial charge on any atom is -0.465 e. The predicted molar refractivity (Wildman–Crippen MR) is 139 cm³/mol. The summed E-state index contributed by atoms with van der Waals surface area (Å²) in [6.45, 7) is 0.451. The monoisotopic (exact) mass is 503 g/mol. The van der Waals surface area contributed by atoms with Gasteiger partial charge in [-0.05, 0) is 54.8 Å². The molecule has 0 unspecified atom stereocenters. The van der Waals surface area contributed by atoms with E-state index < -0.39 is 21.2 Å². The van der Waals surface area contributed by atoms with E-state index in [-0.39, 0.29) is 18.0 Å². The molecule has 0 atom stereocenters. The van der Waals surface area contributed by atoms with Crippen LogP contribution in [0.15, 0.2) is 72.0 Å². The van der Waals surface area contributed by atoms with Crippen LogP contribution < -0.4 is 5.32 Å². The first-order valence-electron chi connectivity index (χ1n) is 11.6. The summed E-state index contributed by atoms with van der Waals surface area (Å²) in [5, 5.41) is 12.7. The zero-order chi connectivity index (χ0) is 25.1. The number of carbonyl (C=O) groups is 1. The Bertz CT molecular complexity index is 1500. The Kier molecular flexibility index (Phi) is 6.43. The van der Waals surface area contributed by atoms with Crippen LogP contribution in [0, 0.1) is 0 Å². The summed E-state index contributed by atoms with van der Waals surface area (Å²) in [5.41, 5.74) is 3.69. The largest absolute Gasteiger partial charge is 0.465 e. The van der Waals surface area contributed by atoms with E-state index in [4.69, 9.17) is 5.11 Å². The van der Waals surface area contributed by atoms with Crippen molar-refractivity contribution in [1.29, 1.82) is 0 Å². The van der Waals surface area contributed by atoms with Crippen LogP contribution in [0.5, 0.6) is 0 Å². The first kappa shape index (κ1) is 23.6. The van der Waals surface area contributed by atoms with E-state index in [9.17, 15) is 13.2 Å². The van der Waals surface area contributed by atoms with E-state index in [0.717, 1.165) is 22.0 Å². The first-order chi connectivity index (χ1) is 17.4. The number of aromatic amines is 1. The third-order valence-electron chi connectivity index (χ3n) is 6.35. The Morgan fingerprint density at radius 1 is 1.03 bits per heavy atom. The zero-order valence-corrected chi connectivity index (χ0v) is 20.1. The molecule has 1 amide bonds. The van der Waals surface area contributed by atoms with Gasteiger partial charge in [-0.25, -0.2) is 23.2 Å². The molecule has 3 heterocycles. The topological polar surface area (TPSA) is 128 Å². The van der Waals surface area contributed by atoms with Crippen molar-refractivity contribution in [3.05, 3.63) is 78.2 Å². The third kappa shape index (κ3) is 4.94. The number of hydrogen-bond acceptors (Lipinski definition) is 6. The van der Waals surface area contributed by atoms with Gasteiger partial charge in [-0.2, -0.15) is 0 Å². The number of sulfone groups is 1. The smallest absolute Gasteiger partial charge is 0.407 e. The molecule has 184 valence electrons. The molecule has 1 aliphatic heterocycles. The second kappa shape index (κ2) is 9.82. The highest BCUT2D eigenvalue weighted by Gasteiger charge is 2.32. The van der Waals surface area contributed by atoms with E-state index in [1.165, 1.54) is 4.90 Å². The molecule has 36 heavy (non-hydrogen) atoms. The van der Waals surface area contributed by atoms with Gasteiger partial charge in [0, 0.05) is 53.8 Å². The van der Waals surface area contributed by atoms with Crippen molar-refractivity contribution >= 4 is 50.6 Å². The standard InChI is InChI=1S/C26H25N5O4S/c32-26(33)31-14-11-22(12-15-31)36(34,35)21-8-6-20(7-9-21)30-25-28-16-18(17-29-25)4-5-19-2-1-3-24-23(19)10-13-27-24/h1-10,13,16-17,22,27H,11-12,14-15H2,(H,32,33)(H,28,29,30)/b5-4+. The molecule has 5 rings (SSSR count). The molecule has 2 aromatic heterocycles. The van der Waals surface area contributed by atoms with Crippen LogP contribution in [-0.4, -0.2) is 57.8 Å². The van der Waals surface area contributed by atoms with Gasteiger partial charge >= 0.3 is 6.09 Å². The molecule has 0 spiro atoms. The average molecular weight is 504 g/mol. The first-order valence-corrected chi connectivity index (χ1v) is 13.1. The Labute approximate surface area is 208 Å². The number of nitrogens with one attached hydrogen (secondary N) is 2. The highest BCUT2D eigenvalue weighted by atomic mass is 32.2. The van der Waals surface area contributed by atoms with E-state index >= 15 is 0 Å². The highest BCUT2D eigenvalue weighted by Crippen LogP contribution is 2.26. The lowest BCUT2D eigenvalue weighted by Crippen LogP contribution is -2.41. The van der Waals surface area contributed by atoms with Gasteiger partial charge in [0.05, 0.1) is 10.1 Å². The number of hydrogen-bond donors (Lipinski definition) is 3.